The zero-order chi connectivity index (χ0) is 13.1. The molecule has 1 unspecified atom stereocenters. The standard InChI is InChI=1S/C13H13BrClN3/c1-8-4-9(7-17-6-8)13(18-16)11-3-2-10(14)5-12(11)15/h2-7,13,18H,16H2,1H3. The van der Waals surface area contributed by atoms with Crippen LogP contribution in [-0.4, -0.2) is 4.98 Å². The molecule has 1 aromatic heterocycles. The Hall–Kier alpha value is -0.940. The average molecular weight is 327 g/mol. The van der Waals surface area contributed by atoms with Crippen molar-refractivity contribution in [1.82, 2.24) is 10.4 Å². The highest BCUT2D eigenvalue weighted by molar-refractivity contribution is 9.10. The third-order valence-electron chi connectivity index (χ3n) is 2.67. The van der Waals surface area contributed by atoms with Gasteiger partial charge < -0.3 is 0 Å². The van der Waals surface area contributed by atoms with Crippen molar-refractivity contribution < 1.29 is 0 Å². The molecule has 0 saturated carbocycles. The maximum Gasteiger partial charge on any atom is 0.0739 e. The van der Waals surface area contributed by atoms with Gasteiger partial charge in [-0.25, -0.2) is 5.43 Å². The highest BCUT2D eigenvalue weighted by Gasteiger charge is 2.16. The number of aromatic nitrogens is 1. The molecule has 0 aliphatic rings. The maximum absolute atomic E-state index is 6.25. The molecule has 0 radical (unpaired) electrons. The molecule has 94 valence electrons. The van der Waals surface area contributed by atoms with Gasteiger partial charge in [-0.15, -0.1) is 0 Å². The van der Waals surface area contributed by atoms with Crippen LogP contribution in [0, 0.1) is 6.92 Å². The molecule has 0 saturated heterocycles. The molecule has 5 heteroatoms. The molecule has 3 nitrogen and oxygen atoms in total. The fraction of sp³-hybridized carbons (Fsp3) is 0.154. The monoisotopic (exact) mass is 325 g/mol. The van der Waals surface area contributed by atoms with Crippen LogP contribution in [0.5, 0.6) is 0 Å². The van der Waals surface area contributed by atoms with Gasteiger partial charge in [0.2, 0.25) is 0 Å². The molecule has 0 aliphatic heterocycles. The summed E-state index contributed by atoms with van der Waals surface area (Å²) >= 11 is 9.63. The average Bonchev–Trinajstić information content (AvgIpc) is 2.33. The third kappa shape index (κ3) is 2.90. The molecule has 0 amide bonds. The highest BCUT2D eigenvalue weighted by Crippen LogP contribution is 2.30. The van der Waals surface area contributed by atoms with Gasteiger partial charge in [0.25, 0.3) is 0 Å². The number of aryl methyl sites for hydroxylation is 1. The van der Waals surface area contributed by atoms with Crippen molar-refractivity contribution in [3.8, 4) is 0 Å². The van der Waals surface area contributed by atoms with Crippen molar-refractivity contribution in [3.63, 3.8) is 0 Å². The summed E-state index contributed by atoms with van der Waals surface area (Å²) in [4.78, 5) is 4.18. The number of rotatable bonds is 3. The third-order valence-corrected chi connectivity index (χ3v) is 3.49. The first kappa shape index (κ1) is 13.5. The summed E-state index contributed by atoms with van der Waals surface area (Å²) in [6.07, 6.45) is 3.59. The molecule has 3 N–H and O–H groups in total. The van der Waals surface area contributed by atoms with Gasteiger partial charge in [-0.3, -0.25) is 10.8 Å². The number of hydrogen-bond donors (Lipinski definition) is 2. The van der Waals surface area contributed by atoms with Crippen LogP contribution >= 0.6 is 27.5 Å². The zero-order valence-electron chi connectivity index (χ0n) is 9.82. The lowest BCUT2D eigenvalue weighted by molar-refractivity contribution is 0.634. The second-order valence-electron chi connectivity index (χ2n) is 4.06. The fourth-order valence-electron chi connectivity index (χ4n) is 1.84. The molecule has 0 spiro atoms. The summed E-state index contributed by atoms with van der Waals surface area (Å²) in [5, 5.41) is 0.661. The quantitative estimate of drug-likeness (QED) is 0.672. The van der Waals surface area contributed by atoms with Crippen LogP contribution < -0.4 is 11.3 Å². The molecule has 1 aromatic carbocycles. The molecule has 1 heterocycles. The molecule has 2 aromatic rings. The normalized spacial score (nSPS) is 12.4. The van der Waals surface area contributed by atoms with E-state index in [0.717, 1.165) is 21.2 Å². The Kier molecular flexibility index (Phi) is 4.35. The van der Waals surface area contributed by atoms with Crippen molar-refractivity contribution in [2.24, 2.45) is 5.84 Å². The van der Waals surface area contributed by atoms with Crippen molar-refractivity contribution in [3.05, 3.63) is 62.8 Å². The smallest absolute Gasteiger partial charge is 0.0739 e. The Labute approximate surface area is 119 Å². The fourth-order valence-corrected chi connectivity index (χ4v) is 2.62. The summed E-state index contributed by atoms with van der Waals surface area (Å²) in [7, 11) is 0. The van der Waals surface area contributed by atoms with Crippen LogP contribution in [0.3, 0.4) is 0 Å². The number of benzene rings is 1. The van der Waals surface area contributed by atoms with Gasteiger partial charge in [-0.05, 0) is 35.7 Å². The second-order valence-corrected chi connectivity index (χ2v) is 5.38. The number of hydrogen-bond acceptors (Lipinski definition) is 3. The number of nitrogens with zero attached hydrogens (tertiary/aromatic N) is 1. The summed E-state index contributed by atoms with van der Waals surface area (Å²) in [5.41, 5.74) is 5.78. The summed E-state index contributed by atoms with van der Waals surface area (Å²) in [6.45, 7) is 1.99. The van der Waals surface area contributed by atoms with Gasteiger partial charge in [0.05, 0.1) is 6.04 Å². The predicted octanol–water partition coefficient (Wildman–Crippen LogP) is 3.36. The second kappa shape index (κ2) is 5.80. The van der Waals surface area contributed by atoms with E-state index < -0.39 is 0 Å². The van der Waals surface area contributed by atoms with Gasteiger partial charge in [0, 0.05) is 21.9 Å². The maximum atomic E-state index is 6.25. The molecular weight excluding hydrogens is 314 g/mol. The van der Waals surface area contributed by atoms with Crippen LogP contribution in [0.1, 0.15) is 22.7 Å². The Bertz CT molecular complexity index is 560. The van der Waals surface area contributed by atoms with Crippen LogP contribution in [0.15, 0.2) is 41.1 Å². The van der Waals surface area contributed by atoms with Crippen molar-refractivity contribution >= 4 is 27.5 Å². The minimum Gasteiger partial charge on any atom is -0.271 e. The number of nitrogens with two attached hydrogens (primary N) is 1. The van der Waals surface area contributed by atoms with Crippen molar-refractivity contribution in [2.75, 3.05) is 0 Å². The van der Waals surface area contributed by atoms with Gasteiger partial charge in [-0.2, -0.15) is 0 Å². The largest absolute Gasteiger partial charge is 0.271 e. The number of nitrogens with one attached hydrogen (secondary N) is 1. The molecular formula is C13H13BrClN3. The zero-order valence-corrected chi connectivity index (χ0v) is 12.2. The van der Waals surface area contributed by atoms with Crippen LogP contribution in [0.25, 0.3) is 0 Å². The van der Waals surface area contributed by atoms with E-state index in [1.165, 1.54) is 0 Å². The SMILES string of the molecule is Cc1cncc(C(NN)c2ccc(Br)cc2Cl)c1. The number of pyridine rings is 1. The first-order chi connectivity index (χ1) is 8.61. The van der Waals surface area contributed by atoms with Crippen LogP contribution in [0.2, 0.25) is 5.02 Å². The topological polar surface area (TPSA) is 50.9 Å². The Morgan fingerprint density at radius 3 is 2.72 bits per heavy atom. The van der Waals surface area contributed by atoms with Gasteiger partial charge in [-0.1, -0.05) is 39.7 Å². The van der Waals surface area contributed by atoms with E-state index in [0.29, 0.717) is 5.02 Å². The van der Waals surface area contributed by atoms with Gasteiger partial charge >= 0.3 is 0 Å². The van der Waals surface area contributed by atoms with Crippen molar-refractivity contribution in [2.45, 2.75) is 13.0 Å². The molecule has 0 aliphatic carbocycles. The Balaban J connectivity index is 2.45. The predicted molar refractivity (Wildman–Crippen MR) is 77.3 cm³/mol. The summed E-state index contributed by atoms with van der Waals surface area (Å²) in [5.74, 6) is 5.65. The summed E-state index contributed by atoms with van der Waals surface area (Å²) in [6, 6.07) is 7.60. The first-order valence-electron chi connectivity index (χ1n) is 5.44. The van der Waals surface area contributed by atoms with E-state index in [-0.39, 0.29) is 6.04 Å². The first-order valence-corrected chi connectivity index (χ1v) is 6.61. The molecule has 1 atom stereocenters. The van der Waals surface area contributed by atoms with E-state index in [4.69, 9.17) is 17.4 Å². The number of hydrazine groups is 1. The van der Waals surface area contributed by atoms with Gasteiger partial charge in [0.15, 0.2) is 0 Å². The molecule has 18 heavy (non-hydrogen) atoms. The molecule has 0 fully saturated rings. The van der Waals surface area contributed by atoms with Crippen LogP contribution in [0.4, 0.5) is 0 Å². The van der Waals surface area contributed by atoms with Gasteiger partial charge in [0.1, 0.15) is 0 Å². The van der Waals surface area contributed by atoms with E-state index in [1.807, 2.05) is 31.2 Å². The Morgan fingerprint density at radius 1 is 1.33 bits per heavy atom. The highest BCUT2D eigenvalue weighted by atomic mass is 79.9. The minimum absolute atomic E-state index is 0.169. The lowest BCUT2D eigenvalue weighted by Gasteiger charge is -2.18. The molecule has 0 bridgehead atoms. The lowest BCUT2D eigenvalue weighted by atomic mass is 10.00. The molecule has 2 rings (SSSR count). The lowest BCUT2D eigenvalue weighted by Crippen LogP contribution is -2.29. The van der Waals surface area contributed by atoms with Crippen LogP contribution in [-0.2, 0) is 0 Å². The number of halogens is 2. The Morgan fingerprint density at radius 2 is 2.11 bits per heavy atom. The van der Waals surface area contributed by atoms with E-state index in [1.54, 1.807) is 12.4 Å². The summed E-state index contributed by atoms with van der Waals surface area (Å²) < 4.78 is 0.939. The van der Waals surface area contributed by atoms with E-state index >= 15 is 0 Å². The minimum atomic E-state index is -0.169. The van der Waals surface area contributed by atoms with E-state index in [2.05, 4.69) is 26.3 Å². The van der Waals surface area contributed by atoms with Crippen molar-refractivity contribution in [1.29, 1.82) is 0 Å². The van der Waals surface area contributed by atoms with E-state index in [9.17, 15) is 0 Å².